The Labute approximate surface area is 90.1 Å². The summed E-state index contributed by atoms with van der Waals surface area (Å²) >= 11 is 0. The number of rotatable bonds is 4. The maximum atomic E-state index is 11.8. The molecule has 0 aliphatic rings. The molecule has 0 saturated carbocycles. The summed E-state index contributed by atoms with van der Waals surface area (Å²) in [6.07, 6.45) is 4.95. The number of nitrogens with zero attached hydrogens (tertiary/aromatic N) is 2. The van der Waals surface area contributed by atoms with Gasteiger partial charge in [-0.25, -0.2) is 0 Å². The van der Waals surface area contributed by atoms with E-state index >= 15 is 0 Å². The van der Waals surface area contributed by atoms with Crippen LogP contribution in [0.1, 0.15) is 19.8 Å². The van der Waals surface area contributed by atoms with Crippen LogP contribution in [0.2, 0.25) is 0 Å². The molecule has 0 radical (unpaired) electrons. The Morgan fingerprint density at radius 3 is 2.93 bits per heavy atom. The molecule has 1 rings (SSSR count). The molecule has 1 aromatic rings. The van der Waals surface area contributed by atoms with E-state index in [0.29, 0.717) is 6.42 Å². The molecule has 0 spiro atoms. The second-order valence-electron chi connectivity index (χ2n) is 3.50. The van der Waals surface area contributed by atoms with E-state index in [1.54, 1.807) is 30.4 Å². The van der Waals surface area contributed by atoms with Crippen LogP contribution in [0.4, 0.5) is 5.69 Å². The van der Waals surface area contributed by atoms with Gasteiger partial charge in [-0.2, -0.15) is 0 Å². The van der Waals surface area contributed by atoms with Crippen molar-refractivity contribution in [3.8, 4) is 0 Å². The first-order chi connectivity index (χ1) is 7.16. The van der Waals surface area contributed by atoms with Crippen molar-refractivity contribution in [2.75, 3.05) is 11.9 Å². The molecule has 4 nitrogen and oxygen atoms in total. The van der Waals surface area contributed by atoms with Gasteiger partial charge in [0.05, 0.1) is 17.9 Å². The number of amides is 1. The lowest BCUT2D eigenvalue weighted by Crippen LogP contribution is -2.41. The van der Waals surface area contributed by atoms with Gasteiger partial charge in [0, 0.05) is 13.2 Å². The Morgan fingerprint density at radius 2 is 2.40 bits per heavy atom. The number of aromatic nitrogens is 1. The van der Waals surface area contributed by atoms with Gasteiger partial charge in [-0.1, -0.05) is 13.3 Å². The molecule has 0 fully saturated rings. The van der Waals surface area contributed by atoms with Crippen molar-refractivity contribution in [1.29, 1.82) is 0 Å². The second-order valence-corrected chi connectivity index (χ2v) is 3.50. The number of nitrogens with two attached hydrogens (primary N) is 1. The quantitative estimate of drug-likeness (QED) is 0.806. The van der Waals surface area contributed by atoms with Crippen molar-refractivity contribution in [2.24, 2.45) is 5.73 Å². The molecule has 0 aliphatic carbocycles. The number of hydrogen-bond acceptors (Lipinski definition) is 3. The summed E-state index contributed by atoms with van der Waals surface area (Å²) in [5.41, 5.74) is 6.53. The predicted molar refractivity (Wildman–Crippen MR) is 60.5 cm³/mol. The Bertz CT molecular complexity index is 313. The fourth-order valence-corrected chi connectivity index (χ4v) is 1.36. The lowest BCUT2D eigenvalue weighted by atomic mass is 10.1. The average Bonchev–Trinajstić information content (AvgIpc) is 2.28. The summed E-state index contributed by atoms with van der Waals surface area (Å²) in [6.45, 7) is 2.01. The highest BCUT2D eigenvalue weighted by molar-refractivity contribution is 5.96. The average molecular weight is 207 g/mol. The fourth-order valence-electron chi connectivity index (χ4n) is 1.36. The van der Waals surface area contributed by atoms with E-state index in [-0.39, 0.29) is 5.91 Å². The zero-order valence-corrected chi connectivity index (χ0v) is 9.18. The van der Waals surface area contributed by atoms with Crippen LogP contribution in [0.25, 0.3) is 0 Å². The standard InChI is InChI=1S/C11H17N3O/c1-3-5-10(12)11(15)14(2)9-6-4-7-13-8-9/h4,6-8,10H,3,5,12H2,1-2H3. The molecule has 0 aliphatic heterocycles. The zero-order valence-electron chi connectivity index (χ0n) is 9.18. The minimum absolute atomic E-state index is 0.0650. The van der Waals surface area contributed by atoms with E-state index < -0.39 is 6.04 Å². The molecule has 2 N–H and O–H groups in total. The number of pyridine rings is 1. The van der Waals surface area contributed by atoms with Crippen molar-refractivity contribution in [1.82, 2.24) is 4.98 Å². The third-order valence-corrected chi connectivity index (χ3v) is 2.28. The molecular formula is C11H17N3O. The van der Waals surface area contributed by atoms with Crippen LogP contribution in [-0.2, 0) is 4.79 Å². The lowest BCUT2D eigenvalue weighted by Gasteiger charge is -2.20. The highest BCUT2D eigenvalue weighted by Crippen LogP contribution is 2.11. The monoisotopic (exact) mass is 207 g/mol. The van der Waals surface area contributed by atoms with Crippen molar-refractivity contribution >= 4 is 11.6 Å². The van der Waals surface area contributed by atoms with Crippen molar-refractivity contribution < 1.29 is 4.79 Å². The number of hydrogen-bond donors (Lipinski definition) is 1. The van der Waals surface area contributed by atoms with Gasteiger partial charge in [-0.05, 0) is 18.6 Å². The largest absolute Gasteiger partial charge is 0.320 e. The van der Waals surface area contributed by atoms with Gasteiger partial charge in [0.2, 0.25) is 5.91 Å². The van der Waals surface area contributed by atoms with Crippen LogP contribution in [0, 0.1) is 0 Å². The molecule has 15 heavy (non-hydrogen) atoms. The van der Waals surface area contributed by atoms with Crippen molar-refractivity contribution in [3.05, 3.63) is 24.5 Å². The third-order valence-electron chi connectivity index (χ3n) is 2.28. The minimum atomic E-state index is -0.416. The molecule has 4 heteroatoms. The SMILES string of the molecule is CCCC(N)C(=O)N(C)c1cccnc1. The highest BCUT2D eigenvalue weighted by atomic mass is 16.2. The molecule has 82 valence electrons. The zero-order chi connectivity index (χ0) is 11.3. The van der Waals surface area contributed by atoms with E-state index in [2.05, 4.69) is 4.98 Å². The van der Waals surface area contributed by atoms with Crippen LogP contribution >= 0.6 is 0 Å². The van der Waals surface area contributed by atoms with Gasteiger partial charge >= 0.3 is 0 Å². The molecule has 1 aromatic heterocycles. The predicted octanol–water partition coefficient (Wildman–Crippen LogP) is 1.17. The van der Waals surface area contributed by atoms with E-state index in [4.69, 9.17) is 5.73 Å². The summed E-state index contributed by atoms with van der Waals surface area (Å²) in [5, 5.41) is 0. The maximum absolute atomic E-state index is 11.8. The van der Waals surface area contributed by atoms with Crippen LogP contribution in [-0.4, -0.2) is 24.0 Å². The van der Waals surface area contributed by atoms with Gasteiger partial charge in [0.15, 0.2) is 0 Å². The summed E-state index contributed by atoms with van der Waals surface area (Å²) in [4.78, 5) is 17.3. The van der Waals surface area contributed by atoms with Crippen LogP contribution < -0.4 is 10.6 Å². The van der Waals surface area contributed by atoms with Gasteiger partial charge in [-0.3, -0.25) is 9.78 Å². The smallest absolute Gasteiger partial charge is 0.243 e. The summed E-state index contributed by atoms with van der Waals surface area (Å²) < 4.78 is 0. The van der Waals surface area contributed by atoms with Crippen LogP contribution in [0.3, 0.4) is 0 Å². The Balaban J connectivity index is 2.69. The molecule has 1 heterocycles. The van der Waals surface area contributed by atoms with Crippen LogP contribution in [0.5, 0.6) is 0 Å². The Morgan fingerprint density at radius 1 is 1.67 bits per heavy atom. The first-order valence-corrected chi connectivity index (χ1v) is 5.10. The molecule has 0 saturated heterocycles. The highest BCUT2D eigenvalue weighted by Gasteiger charge is 2.17. The number of likely N-dealkylation sites (N-methyl/N-ethyl adjacent to an activating group) is 1. The third kappa shape index (κ3) is 3.02. The molecule has 1 atom stereocenters. The maximum Gasteiger partial charge on any atom is 0.243 e. The topological polar surface area (TPSA) is 59.2 Å². The van der Waals surface area contributed by atoms with Gasteiger partial charge in [0.1, 0.15) is 0 Å². The lowest BCUT2D eigenvalue weighted by molar-refractivity contribution is -0.119. The Hall–Kier alpha value is -1.42. The second kappa shape index (κ2) is 5.46. The van der Waals surface area contributed by atoms with E-state index in [9.17, 15) is 4.79 Å². The minimum Gasteiger partial charge on any atom is -0.320 e. The van der Waals surface area contributed by atoms with E-state index in [1.807, 2.05) is 13.0 Å². The van der Waals surface area contributed by atoms with E-state index in [1.165, 1.54) is 0 Å². The van der Waals surface area contributed by atoms with E-state index in [0.717, 1.165) is 12.1 Å². The number of carbonyl (C=O) groups excluding carboxylic acids is 1. The first kappa shape index (κ1) is 11.7. The van der Waals surface area contributed by atoms with Gasteiger partial charge < -0.3 is 10.6 Å². The Kier molecular flexibility index (Phi) is 4.24. The summed E-state index contributed by atoms with van der Waals surface area (Å²) in [7, 11) is 1.72. The molecular weight excluding hydrogens is 190 g/mol. The molecule has 0 aromatic carbocycles. The fraction of sp³-hybridized carbons (Fsp3) is 0.455. The van der Waals surface area contributed by atoms with Gasteiger partial charge in [0.25, 0.3) is 0 Å². The number of anilines is 1. The van der Waals surface area contributed by atoms with Crippen LogP contribution in [0.15, 0.2) is 24.5 Å². The number of carbonyl (C=O) groups is 1. The molecule has 1 unspecified atom stereocenters. The summed E-state index contributed by atoms with van der Waals surface area (Å²) in [5.74, 6) is -0.0650. The summed E-state index contributed by atoms with van der Waals surface area (Å²) in [6, 6.07) is 3.22. The van der Waals surface area contributed by atoms with Crippen molar-refractivity contribution in [2.45, 2.75) is 25.8 Å². The molecule has 1 amide bonds. The van der Waals surface area contributed by atoms with Crippen molar-refractivity contribution in [3.63, 3.8) is 0 Å². The first-order valence-electron chi connectivity index (χ1n) is 5.10. The normalized spacial score (nSPS) is 12.2. The molecule has 0 bridgehead atoms. The van der Waals surface area contributed by atoms with Gasteiger partial charge in [-0.15, -0.1) is 0 Å².